The number of thiazole rings is 1. The largest absolute Gasteiger partial charge is 0.279 e. The first-order valence-corrected chi connectivity index (χ1v) is 12.8. The molecule has 0 N–H and O–H groups in total. The minimum atomic E-state index is -3.32. The number of nitrogens with zero attached hydrogens (tertiary/aromatic N) is 2. The lowest BCUT2D eigenvalue weighted by atomic mass is 10.2. The first-order chi connectivity index (χ1) is 13.8. The molecule has 0 aliphatic carbocycles. The van der Waals surface area contributed by atoms with E-state index in [1.54, 1.807) is 29.2 Å². The second-order valence-corrected chi connectivity index (χ2v) is 11.9. The van der Waals surface area contributed by atoms with Crippen LogP contribution in [0.4, 0.5) is 5.13 Å². The van der Waals surface area contributed by atoms with Crippen LogP contribution in [0.15, 0.2) is 69.3 Å². The van der Waals surface area contributed by atoms with E-state index in [0.29, 0.717) is 22.1 Å². The molecule has 5 nitrogen and oxygen atoms in total. The van der Waals surface area contributed by atoms with E-state index < -0.39 is 9.84 Å². The van der Waals surface area contributed by atoms with E-state index in [1.807, 2.05) is 36.4 Å². The van der Waals surface area contributed by atoms with Crippen LogP contribution in [-0.4, -0.2) is 25.6 Å². The molecule has 4 rings (SSSR count). The molecule has 2 aromatic heterocycles. The fourth-order valence-electron chi connectivity index (χ4n) is 2.79. The van der Waals surface area contributed by atoms with Crippen molar-refractivity contribution in [1.82, 2.24) is 4.98 Å². The molecule has 29 heavy (non-hydrogen) atoms. The number of carbonyl (C=O) groups excluding carboxylic acids is 1. The highest BCUT2D eigenvalue weighted by Gasteiger charge is 2.23. The molecule has 1 amide bonds. The Labute approximate surface area is 184 Å². The molecule has 9 heteroatoms. The standard InChI is InChI=1S/C20H15BrN2O3S3/c1-29(25,26)14-7-8-15-17(11-14)28-20(22-15)23(12-13-5-3-2-4-6-13)19(24)16-9-10-18(21)27-16/h2-11H,12H2,1H3. The molecule has 2 aromatic carbocycles. The van der Waals surface area contributed by atoms with E-state index in [1.165, 1.54) is 28.9 Å². The number of halogens is 1. The van der Waals surface area contributed by atoms with Crippen LogP contribution >= 0.6 is 38.6 Å². The number of thiophene rings is 1. The van der Waals surface area contributed by atoms with Gasteiger partial charge in [0.05, 0.1) is 30.3 Å². The van der Waals surface area contributed by atoms with Gasteiger partial charge in [-0.2, -0.15) is 0 Å². The zero-order chi connectivity index (χ0) is 20.6. The number of anilines is 1. The summed E-state index contributed by atoms with van der Waals surface area (Å²) in [4.78, 5) is 20.3. The number of sulfone groups is 1. The van der Waals surface area contributed by atoms with Gasteiger partial charge < -0.3 is 0 Å². The van der Waals surface area contributed by atoms with Gasteiger partial charge in [0.15, 0.2) is 15.0 Å². The Morgan fingerprint density at radius 3 is 2.48 bits per heavy atom. The molecular weight excluding hydrogens is 492 g/mol. The summed E-state index contributed by atoms with van der Waals surface area (Å²) in [6, 6.07) is 18.2. The van der Waals surface area contributed by atoms with Crippen molar-refractivity contribution >= 4 is 69.7 Å². The molecule has 0 unspecified atom stereocenters. The first kappa shape index (κ1) is 20.2. The number of benzene rings is 2. The SMILES string of the molecule is CS(=O)(=O)c1ccc2nc(N(Cc3ccccc3)C(=O)c3ccc(Br)s3)sc2c1. The molecule has 0 bridgehead atoms. The molecular formula is C20H15BrN2O3S3. The van der Waals surface area contributed by atoms with Crippen molar-refractivity contribution in [1.29, 1.82) is 0 Å². The highest BCUT2D eigenvalue weighted by Crippen LogP contribution is 2.33. The van der Waals surface area contributed by atoms with Crippen molar-refractivity contribution in [3.05, 3.63) is 74.9 Å². The van der Waals surface area contributed by atoms with Crippen LogP contribution in [-0.2, 0) is 16.4 Å². The molecule has 0 radical (unpaired) electrons. The monoisotopic (exact) mass is 506 g/mol. The Kier molecular flexibility index (Phi) is 5.56. The third-order valence-electron chi connectivity index (χ3n) is 4.22. The quantitative estimate of drug-likeness (QED) is 0.364. The highest BCUT2D eigenvalue weighted by atomic mass is 79.9. The Bertz CT molecular complexity index is 1300. The van der Waals surface area contributed by atoms with E-state index in [0.717, 1.165) is 14.0 Å². The van der Waals surface area contributed by atoms with Gasteiger partial charge in [0.1, 0.15) is 0 Å². The normalized spacial score (nSPS) is 11.7. The minimum absolute atomic E-state index is 0.146. The molecule has 0 aliphatic rings. The van der Waals surface area contributed by atoms with Crippen LogP contribution in [0.1, 0.15) is 15.2 Å². The number of carbonyl (C=O) groups is 1. The molecule has 148 valence electrons. The van der Waals surface area contributed by atoms with E-state index in [2.05, 4.69) is 20.9 Å². The fourth-order valence-corrected chi connectivity index (χ4v) is 5.85. The highest BCUT2D eigenvalue weighted by molar-refractivity contribution is 9.11. The Balaban J connectivity index is 1.78. The molecule has 0 fully saturated rings. The summed E-state index contributed by atoms with van der Waals surface area (Å²) in [6.07, 6.45) is 1.18. The predicted molar refractivity (Wildman–Crippen MR) is 122 cm³/mol. The smallest absolute Gasteiger partial charge is 0.270 e. The lowest BCUT2D eigenvalue weighted by Crippen LogP contribution is -2.29. The van der Waals surface area contributed by atoms with E-state index >= 15 is 0 Å². The number of amides is 1. The molecule has 2 heterocycles. The summed E-state index contributed by atoms with van der Waals surface area (Å²) < 4.78 is 25.3. The van der Waals surface area contributed by atoms with Gasteiger partial charge >= 0.3 is 0 Å². The van der Waals surface area contributed by atoms with E-state index in [4.69, 9.17) is 0 Å². The third kappa shape index (κ3) is 4.42. The molecule has 0 aliphatic heterocycles. The van der Waals surface area contributed by atoms with Crippen LogP contribution in [0.5, 0.6) is 0 Å². The molecule has 4 aromatic rings. The van der Waals surface area contributed by atoms with E-state index in [9.17, 15) is 13.2 Å². The van der Waals surface area contributed by atoms with Crippen LogP contribution in [0.3, 0.4) is 0 Å². The maximum absolute atomic E-state index is 13.3. The van der Waals surface area contributed by atoms with Gasteiger partial charge in [-0.15, -0.1) is 11.3 Å². The average Bonchev–Trinajstić information content (AvgIpc) is 3.31. The zero-order valence-electron chi connectivity index (χ0n) is 15.2. The second kappa shape index (κ2) is 7.98. The maximum atomic E-state index is 13.3. The summed E-state index contributed by atoms with van der Waals surface area (Å²) in [5.74, 6) is -0.146. The first-order valence-electron chi connectivity index (χ1n) is 8.53. The summed E-state index contributed by atoms with van der Waals surface area (Å²) in [6.45, 7) is 0.369. The van der Waals surface area contributed by atoms with Gasteiger partial charge in [-0.1, -0.05) is 41.7 Å². The van der Waals surface area contributed by atoms with Gasteiger partial charge in [0.25, 0.3) is 5.91 Å². The molecule has 0 saturated heterocycles. The molecule has 0 saturated carbocycles. The number of hydrogen-bond acceptors (Lipinski definition) is 6. The minimum Gasteiger partial charge on any atom is -0.279 e. The number of hydrogen-bond donors (Lipinski definition) is 0. The summed E-state index contributed by atoms with van der Waals surface area (Å²) in [5, 5.41) is 0.532. The predicted octanol–water partition coefficient (Wildman–Crippen LogP) is 5.37. The van der Waals surface area contributed by atoms with Crippen molar-refractivity contribution in [3.63, 3.8) is 0 Å². The van der Waals surface area contributed by atoms with E-state index in [-0.39, 0.29) is 10.8 Å². The van der Waals surface area contributed by atoms with Crippen molar-refractivity contribution in [2.75, 3.05) is 11.2 Å². The summed E-state index contributed by atoms with van der Waals surface area (Å²) >= 11 is 6.08. The van der Waals surface area contributed by atoms with Crippen LogP contribution in [0, 0.1) is 0 Å². The van der Waals surface area contributed by atoms with Gasteiger partial charge in [-0.25, -0.2) is 13.4 Å². The van der Waals surface area contributed by atoms with Crippen molar-refractivity contribution in [2.24, 2.45) is 0 Å². The average molecular weight is 507 g/mol. The lowest BCUT2D eigenvalue weighted by Gasteiger charge is -2.19. The maximum Gasteiger partial charge on any atom is 0.270 e. The van der Waals surface area contributed by atoms with Gasteiger partial charge in [-0.05, 0) is 51.8 Å². The van der Waals surface area contributed by atoms with Crippen LogP contribution in [0.25, 0.3) is 10.2 Å². The van der Waals surface area contributed by atoms with Crippen molar-refractivity contribution in [2.45, 2.75) is 11.4 Å². The van der Waals surface area contributed by atoms with Gasteiger partial charge in [0, 0.05) is 6.26 Å². The third-order valence-corrected chi connectivity index (χ3v) is 7.98. The van der Waals surface area contributed by atoms with Crippen LogP contribution < -0.4 is 4.90 Å². The van der Waals surface area contributed by atoms with Crippen molar-refractivity contribution < 1.29 is 13.2 Å². The zero-order valence-corrected chi connectivity index (χ0v) is 19.2. The Morgan fingerprint density at radius 1 is 1.07 bits per heavy atom. The topological polar surface area (TPSA) is 67.3 Å². The van der Waals surface area contributed by atoms with Gasteiger partial charge in [0.2, 0.25) is 0 Å². The second-order valence-electron chi connectivity index (χ2n) is 6.38. The number of aromatic nitrogens is 1. The number of fused-ring (bicyclic) bond motifs is 1. The Morgan fingerprint density at radius 2 is 1.83 bits per heavy atom. The molecule has 0 spiro atoms. The van der Waals surface area contributed by atoms with Gasteiger partial charge in [-0.3, -0.25) is 9.69 Å². The fraction of sp³-hybridized carbons (Fsp3) is 0.100. The van der Waals surface area contributed by atoms with Crippen LogP contribution in [0.2, 0.25) is 0 Å². The number of rotatable bonds is 5. The molecule has 0 atom stereocenters. The summed E-state index contributed by atoms with van der Waals surface area (Å²) in [5.41, 5.74) is 1.64. The summed E-state index contributed by atoms with van der Waals surface area (Å²) in [7, 11) is -3.32. The Hall–Kier alpha value is -2.07. The lowest BCUT2D eigenvalue weighted by molar-refractivity contribution is 0.0989. The van der Waals surface area contributed by atoms with Crippen molar-refractivity contribution in [3.8, 4) is 0 Å².